The van der Waals surface area contributed by atoms with Crippen molar-refractivity contribution in [1.82, 2.24) is 25.2 Å². The Kier molecular flexibility index (Phi) is 4.84. The number of nitrogens with two attached hydrogens (primary N) is 1. The zero-order valence-corrected chi connectivity index (χ0v) is 11.5. The highest BCUT2D eigenvalue weighted by molar-refractivity contribution is 6.30. The molecular formula is C12H17ClN6. The van der Waals surface area contributed by atoms with Crippen LogP contribution in [-0.2, 0) is 13.0 Å². The van der Waals surface area contributed by atoms with Crippen molar-refractivity contribution in [2.45, 2.75) is 32.4 Å². The highest BCUT2D eigenvalue weighted by Crippen LogP contribution is 2.16. The predicted octanol–water partition coefficient (Wildman–Crippen LogP) is 1.48. The van der Waals surface area contributed by atoms with Gasteiger partial charge in [-0.2, -0.15) is 5.10 Å². The second kappa shape index (κ2) is 6.60. The standard InChI is InChI=1S/C12H17ClN6/c1-2-5-19-12(16-8-17-19)6-11(18-14)10-4-3-9(13)7-15-10/h3-4,7-8,11,18H,2,5-6,14H2,1H3. The molecule has 0 fully saturated rings. The Hall–Kier alpha value is -1.50. The molecule has 0 aliphatic rings. The maximum Gasteiger partial charge on any atom is 0.138 e. The molecule has 0 aliphatic heterocycles. The summed E-state index contributed by atoms with van der Waals surface area (Å²) in [6, 6.07) is 3.54. The summed E-state index contributed by atoms with van der Waals surface area (Å²) in [5.74, 6) is 6.49. The molecule has 0 amide bonds. The van der Waals surface area contributed by atoms with Crippen LogP contribution in [0.4, 0.5) is 0 Å². The zero-order chi connectivity index (χ0) is 13.7. The van der Waals surface area contributed by atoms with E-state index in [-0.39, 0.29) is 6.04 Å². The quantitative estimate of drug-likeness (QED) is 0.619. The number of nitrogens with zero attached hydrogens (tertiary/aromatic N) is 4. The molecule has 1 atom stereocenters. The first-order chi connectivity index (χ1) is 9.24. The molecule has 2 rings (SSSR count). The smallest absolute Gasteiger partial charge is 0.138 e. The highest BCUT2D eigenvalue weighted by atomic mass is 35.5. The molecule has 0 radical (unpaired) electrons. The molecular weight excluding hydrogens is 264 g/mol. The minimum Gasteiger partial charge on any atom is -0.271 e. The summed E-state index contributed by atoms with van der Waals surface area (Å²) in [7, 11) is 0. The normalized spacial score (nSPS) is 12.6. The van der Waals surface area contributed by atoms with Gasteiger partial charge in [0, 0.05) is 19.2 Å². The van der Waals surface area contributed by atoms with Crippen LogP contribution in [0.5, 0.6) is 0 Å². The van der Waals surface area contributed by atoms with E-state index in [0.717, 1.165) is 24.5 Å². The number of nitrogens with one attached hydrogen (secondary N) is 1. The largest absolute Gasteiger partial charge is 0.271 e. The number of hydrogen-bond donors (Lipinski definition) is 2. The molecule has 102 valence electrons. The van der Waals surface area contributed by atoms with E-state index in [1.165, 1.54) is 0 Å². The third-order valence-corrected chi connectivity index (χ3v) is 3.05. The Labute approximate surface area is 117 Å². The van der Waals surface area contributed by atoms with Crippen molar-refractivity contribution in [2.75, 3.05) is 0 Å². The Balaban J connectivity index is 2.14. The molecule has 0 bridgehead atoms. The first-order valence-electron chi connectivity index (χ1n) is 6.18. The molecule has 7 heteroatoms. The van der Waals surface area contributed by atoms with Gasteiger partial charge in [0.05, 0.1) is 16.8 Å². The summed E-state index contributed by atoms with van der Waals surface area (Å²) in [5, 5.41) is 4.80. The molecule has 0 saturated carbocycles. The lowest BCUT2D eigenvalue weighted by Crippen LogP contribution is -2.31. The summed E-state index contributed by atoms with van der Waals surface area (Å²) >= 11 is 5.83. The molecule has 0 aromatic carbocycles. The number of pyridine rings is 1. The van der Waals surface area contributed by atoms with Crippen LogP contribution in [-0.4, -0.2) is 19.7 Å². The second-order valence-electron chi connectivity index (χ2n) is 4.22. The second-order valence-corrected chi connectivity index (χ2v) is 4.66. The Morgan fingerprint density at radius 3 is 2.89 bits per heavy atom. The van der Waals surface area contributed by atoms with Gasteiger partial charge in [0.25, 0.3) is 0 Å². The highest BCUT2D eigenvalue weighted by Gasteiger charge is 2.15. The van der Waals surface area contributed by atoms with Crippen LogP contribution >= 0.6 is 11.6 Å². The first kappa shape index (κ1) is 13.9. The average molecular weight is 281 g/mol. The number of hydrazine groups is 1. The van der Waals surface area contributed by atoms with Gasteiger partial charge < -0.3 is 0 Å². The van der Waals surface area contributed by atoms with E-state index in [9.17, 15) is 0 Å². The number of rotatable bonds is 6. The van der Waals surface area contributed by atoms with E-state index in [2.05, 4.69) is 27.4 Å². The monoisotopic (exact) mass is 280 g/mol. The van der Waals surface area contributed by atoms with Crippen molar-refractivity contribution in [1.29, 1.82) is 0 Å². The van der Waals surface area contributed by atoms with Gasteiger partial charge in [-0.05, 0) is 18.6 Å². The summed E-state index contributed by atoms with van der Waals surface area (Å²) in [4.78, 5) is 8.54. The fourth-order valence-electron chi connectivity index (χ4n) is 1.87. The van der Waals surface area contributed by atoms with E-state index in [1.54, 1.807) is 18.6 Å². The minimum atomic E-state index is -0.114. The van der Waals surface area contributed by atoms with Gasteiger partial charge in [-0.25, -0.2) is 4.98 Å². The molecule has 2 aromatic rings. The van der Waals surface area contributed by atoms with E-state index < -0.39 is 0 Å². The molecule has 3 N–H and O–H groups in total. The van der Waals surface area contributed by atoms with Gasteiger partial charge in [0.15, 0.2) is 0 Å². The van der Waals surface area contributed by atoms with Gasteiger partial charge in [0.1, 0.15) is 12.2 Å². The number of hydrogen-bond acceptors (Lipinski definition) is 5. The summed E-state index contributed by atoms with van der Waals surface area (Å²) < 4.78 is 1.89. The van der Waals surface area contributed by atoms with Gasteiger partial charge in [-0.3, -0.25) is 20.9 Å². The van der Waals surface area contributed by atoms with Crippen LogP contribution in [0.1, 0.15) is 30.9 Å². The Morgan fingerprint density at radius 2 is 2.26 bits per heavy atom. The van der Waals surface area contributed by atoms with Crippen LogP contribution in [0.2, 0.25) is 5.02 Å². The maximum absolute atomic E-state index is 5.83. The molecule has 0 saturated heterocycles. The van der Waals surface area contributed by atoms with Gasteiger partial charge in [-0.15, -0.1) is 0 Å². The van der Waals surface area contributed by atoms with Crippen molar-refractivity contribution in [2.24, 2.45) is 5.84 Å². The van der Waals surface area contributed by atoms with Crippen molar-refractivity contribution < 1.29 is 0 Å². The van der Waals surface area contributed by atoms with Crippen LogP contribution in [0, 0.1) is 0 Å². The molecule has 0 spiro atoms. The SMILES string of the molecule is CCCn1ncnc1CC(NN)c1ccc(Cl)cn1. The van der Waals surface area contributed by atoms with Crippen molar-refractivity contribution in [3.63, 3.8) is 0 Å². The Morgan fingerprint density at radius 1 is 1.42 bits per heavy atom. The van der Waals surface area contributed by atoms with E-state index >= 15 is 0 Å². The maximum atomic E-state index is 5.83. The number of halogens is 1. The van der Waals surface area contributed by atoms with Crippen LogP contribution in [0.25, 0.3) is 0 Å². The third kappa shape index (κ3) is 3.50. The van der Waals surface area contributed by atoms with Crippen molar-refractivity contribution >= 4 is 11.6 Å². The molecule has 2 aromatic heterocycles. The minimum absolute atomic E-state index is 0.114. The van der Waals surface area contributed by atoms with Crippen LogP contribution in [0.15, 0.2) is 24.7 Å². The van der Waals surface area contributed by atoms with E-state index in [0.29, 0.717) is 11.4 Å². The van der Waals surface area contributed by atoms with Gasteiger partial charge >= 0.3 is 0 Å². The molecule has 6 nitrogen and oxygen atoms in total. The first-order valence-corrected chi connectivity index (χ1v) is 6.56. The van der Waals surface area contributed by atoms with Crippen molar-refractivity contribution in [3.05, 3.63) is 41.2 Å². The molecule has 2 heterocycles. The summed E-state index contributed by atoms with van der Waals surface area (Å²) in [5.41, 5.74) is 3.59. The fourth-order valence-corrected chi connectivity index (χ4v) is 1.98. The predicted molar refractivity (Wildman–Crippen MR) is 73.3 cm³/mol. The van der Waals surface area contributed by atoms with Crippen molar-refractivity contribution in [3.8, 4) is 0 Å². The molecule has 19 heavy (non-hydrogen) atoms. The average Bonchev–Trinajstić information content (AvgIpc) is 2.85. The molecule has 1 unspecified atom stereocenters. The number of aromatic nitrogens is 4. The number of aryl methyl sites for hydroxylation is 1. The zero-order valence-electron chi connectivity index (χ0n) is 10.8. The van der Waals surface area contributed by atoms with E-state index in [1.807, 2.05) is 10.7 Å². The lowest BCUT2D eigenvalue weighted by atomic mass is 10.1. The third-order valence-electron chi connectivity index (χ3n) is 2.83. The van der Waals surface area contributed by atoms with Crippen LogP contribution in [0.3, 0.4) is 0 Å². The topological polar surface area (TPSA) is 81.7 Å². The van der Waals surface area contributed by atoms with Crippen LogP contribution < -0.4 is 11.3 Å². The molecule has 0 aliphatic carbocycles. The summed E-state index contributed by atoms with van der Waals surface area (Å²) in [6.07, 6.45) is 4.81. The Bertz CT molecular complexity index is 509. The lowest BCUT2D eigenvalue weighted by Gasteiger charge is -2.15. The lowest BCUT2D eigenvalue weighted by molar-refractivity contribution is 0.491. The van der Waals surface area contributed by atoms with E-state index in [4.69, 9.17) is 17.4 Å². The fraction of sp³-hybridized carbons (Fsp3) is 0.417. The summed E-state index contributed by atoms with van der Waals surface area (Å²) in [6.45, 7) is 2.95. The van der Waals surface area contributed by atoms with Gasteiger partial charge in [0.2, 0.25) is 0 Å². The van der Waals surface area contributed by atoms with Gasteiger partial charge in [-0.1, -0.05) is 18.5 Å².